The molecule has 9 rings (SSSR count). The SMILES string of the molecule is CCCCc1ccc2c3c4[n+](ccc13)CC1(C[n+]3ccc5ccccc5c3-c3ccccc31)C(CC)(CC)c1ccc(F)c(c1-4)C2(C)C. The van der Waals surface area contributed by atoms with Gasteiger partial charge < -0.3 is 0 Å². The van der Waals surface area contributed by atoms with Gasteiger partial charge in [0.05, 0.1) is 21.9 Å². The highest BCUT2D eigenvalue weighted by atomic mass is 19.1. The molecular formula is C45H45FN2+2. The van der Waals surface area contributed by atoms with Crippen LogP contribution in [0.5, 0.6) is 0 Å². The van der Waals surface area contributed by atoms with Crippen LogP contribution in [0, 0.1) is 5.82 Å². The molecule has 1 spiro atoms. The van der Waals surface area contributed by atoms with E-state index in [-0.39, 0.29) is 16.6 Å². The van der Waals surface area contributed by atoms with Crippen LogP contribution < -0.4 is 9.13 Å². The zero-order chi connectivity index (χ0) is 33.0. The van der Waals surface area contributed by atoms with Crippen molar-refractivity contribution in [3.8, 4) is 22.5 Å². The lowest BCUT2D eigenvalue weighted by Gasteiger charge is -2.49. The summed E-state index contributed by atoms with van der Waals surface area (Å²) in [5.74, 6) is -0.0877. The molecule has 0 bridgehead atoms. The first-order valence-corrected chi connectivity index (χ1v) is 18.1. The van der Waals surface area contributed by atoms with Crippen molar-refractivity contribution in [2.75, 3.05) is 0 Å². The van der Waals surface area contributed by atoms with E-state index >= 15 is 4.39 Å². The summed E-state index contributed by atoms with van der Waals surface area (Å²) in [5.41, 5.74) is 10.2. The quantitative estimate of drug-likeness (QED) is 0.167. The van der Waals surface area contributed by atoms with Crippen LogP contribution in [0.2, 0.25) is 0 Å². The molecule has 48 heavy (non-hydrogen) atoms. The number of aryl methyl sites for hydroxylation is 1. The van der Waals surface area contributed by atoms with E-state index < -0.39 is 5.41 Å². The van der Waals surface area contributed by atoms with Gasteiger partial charge in [-0.05, 0) is 76.9 Å². The van der Waals surface area contributed by atoms with Gasteiger partial charge in [-0.25, -0.2) is 4.39 Å². The Bertz CT molecular complexity index is 2310. The molecule has 0 amide bonds. The highest BCUT2D eigenvalue weighted by molar-refractivity contribution is 6.03. The van der Waals surface area contributed by atoms with Crippen molar-refractivity contribution < 1.29 is 13.5 Å². The normalized spacial score (nSPS) is 19.3. The molecule has 0 radical (unpaired) electrons. The predicted molar refractivity (Wildman–Crippen MR) is 194 cm³/mol. The third-order valence-electron chi connectivity index (χ3n) is 12.9. The molecule has 0 fully saturated rings. The number of halogens is 1. The number of pyridine rings is 2. The van der Waals surface area contributed by atoms with Gasteiger partial charge in [0.1, 0.15) is 11.2 Å². The van der Waals surface area contributed by atoms with Crippen LogP contribution in [-0.2, 0) is 35.8 Å². The number of hydrogen-bond donors (Lipinski definition) is 0. The molecule has 3 aliphatic rings. The Morgan fingerprint density at radius 1 is 0.688 bits per heavy atom. The fourth-order valence-electron chi connectivity index (χ4n) is 10.7. The van der Waals surface area contributed by atoms with Gasteiger partial charge in [0.2, 0.25) is 11.4 Å². The number of rotatable bonds is 5. The summed E-state index contributed by atoms with van der Waals surface area (Å²) in [6, 6.07) is 31.3. The van der Waals surface area contributed by atoms with Gasteiger partial charge in [-0.2, -0.15) is 9.13 Å². The maximum Gasteiger partial charge on any atom is 0.221 e. The summed E-state index contributed by atoms with van der Waals surface area (Å²) in [6.45, 7) is 13.2. The van der Waals surface area contributed by atoms with Gasteiger partial charge in [0.15, 0.2) is 25.5 Å². The lowest BCUT2D eigenvalue weighted by atomic mass is 9.51. The topological polar surface area (TPSA) is 7.76 Å². The second kappa shape index (κ2) is 10.3. The van der Waals surface area contributed by atoms with Crippen LogP contribution in [-0.4, -0.2) is 0 Å². The molecule has 0 N–H and O–H groups in total. The summed E-state index contributed by atoms with van der Waals surface area (Å²) in [7, 11) is 0. The van der Waals surface area contributed by atoms with E-state index in [1.807, 2.05) is 0 Å². The van der Waals surface area contributed by atoms with Crippen molar-refractivity contribution in [1.82, 2.24) is 0 Å². The van der Waals surface area contributed by atoms with Gasteiger partial charge in [0.25, 0.3) is 0 Å². The molecule has 0 saturated carbocycles. The highest BCUT2D eigenvalue weighted by Gasteiger charge is 2.63. The molecule has 6 aromatic rings. The van der Waals surface area contributed by atoms with Crippen LogP contribution in [0.1, 0.15) is 88.1 Å². The fourth-order valence-corrected chi connectivity index (χ4v) is 10.7. The molecule has 2 aromatic heterocycles. The van der Waals surface area contributed by atoms with Crippen LogP contribution in [0.15, 0.2) is 97.3 Å². The second-order valence-electron chi connectivity index (χ2n) is 15.2. The summed E-state index contributed by atoms with van der Waals surface area (Å²) in [5, 5.41) is 5.23. The third kappa shape index (κ3) is 3.58. The van der Waals surface area contributed by atoms with Crippen molar-refractivity contribution in [2.45, 2.75) is 96.1 Å². The Hall–Kier alpha value is -4.37. The van der Waals surface area contributed by atoms with E-state index in [0.717, 1.165) is 43.5 Å². The molecule has 240 valence electrons. The number of aromatic nitrogens is 2. The average Bonchev–Trinajstić information content (AvgIpc) is 3.20. The van der Waals surface area contributed by atoms with Gasteiger partial charge in [-0.15, -0.1) is 0 Å². The average molecular weight is 633 g/mol. The fraction of sp³-hybridized carbons (Fsp3) is 0.333. The maximum atomic E-state index is 16.6. The Balaban J connectivity index is 1.44. The second-order valence-corrected chi connectivity index (χ2v) is 15.2. The van der Waals surface area contributed by atoms with Crippen molar-refractivity contribution in [3.05, 3.63) is 131 Å². The monoisotopic (exact) mass is 632 g/mol. The minimum absolute atomic E-state index is 0.0877. The van der Waals surface area contributed by atoms with Crippen molar-refractivity contribution in [3.63, 3.8) is 0 Å². The minimum Gasteiger partial charge on any atom is -0.207 e. The number of benzene rings is 4. The minimum atomic E-state index is -0.474. The first-order chi connectivity index (χ1) is 23.3. The molecule has 1 atom stereocenters. The molecule has 1 unspecified atom stereocenters. The van der Waals surface area contributed by atoms with Gasteiger partial charge in [0, 0.05) is 28.5 Å². The summed E-state index contributed by atoms with van der Waals surface area (Å²) < 4.78 is 21.7. The highest BCUT2D eigenvalue weighted by Crippen LogP contribution is 2.60. The predicted octanol–water partition coefficient (Wildman–Crippen LogP) is 10.0. The summed E-state index contributed by atoms with van der Waals surface area (Å²) in [4.78, 5) is 0. The lowest BCUT2D eigenvalue weighted by molar-refractivity contribution is -0.734. The van der Waals surface area contributed by atoms with E-state index in [1.54, 1.807) is 6.07 Å². The molecular weight excluding hydrogens is 588 g/mol. The lowest BCUT2D eigenvalue weighted by Crippen LogP contribution is -2.64. The molecule has 4 heterocycles. The zero-order valence-corrected chi connectivity index (χ0v) is 29.0. The largest absolute Gasteiger partial charge is 0.221 e. The van der Waals surface area contributed by atoms with Gasteiger partial charge in [-0.1, -0.05) is 95.6 Å². The smallest absolute Gasteiger partial charge is 0.207 e. The summed E-state index contributed by atoms with van der Waals surface area (Å²) >= 11 is 0. The third-order valence-corrected chi connectivity index (χ3v) is 12.9. The van der Waals surface area contributed by atoms with Crippen molar-refractivity contribution in [2.24, 2.45) is 0 Å². The number of hydrogen-bond acceptors (Lipinski definition) is 0. The van der Waals surface area contributed by atoms with Crippen LogP contribution in [0.25, 0.3) is 44.1 Å². The van der Waals surface area contributed by atoms with E-state index in [1.165, 1.54) is 73.6 Å². The zero-order valence-electron chi connectivity index (χ0n) is 29.0. The molecule has 4 aromatic carbocycles. The molecule has 1 aliphatic carbocycles. The van der Waals surface area contributed by atoms with E-state index in [9.17, 15) is 0 Å². The molecule has 2 aliphatic heterocycles. The molecule has 3 heteroatoms. The molecule has 2 nitrogen and oxygen atoms in total. The van der Waals surface area contributed by atoms with E-state index in [0.29, 0.717) is 0 Å². The van der Waals surface area contributed by atoms with E-state index in [2.05, 4.69) is 135 Å². The standard InChI is InChI=1S/C45H45FN2/c1-6-9-14-29-19-20-35-38-31(29)24-26-48-28-45(44(7-2,8-3)36-21-22-37(46)40(43(35,4)5)39(36)42(38)48)27-47-25-23-30-15-10-11-16-32(30)41(47)33-17-12-13-18-34(33)45/h10-13,15-26H,6-9,14,27-28H2,1-5H3/q+2. The Kier molecular flexibility index (Phi) is 6.39. The van der Waals surface area contributed by atoms with E-state index in [4.69, 9.17) is 0 Å². The number of unbranched alkanes of at least 4 members (excludes halogenated alkanes) is 1. The first-order valence-electron chi connectivity index (χ1n) is 18.1. The molecule has 0 saturated heterocycles. The van der Waals surface area contributed by atoms with Gasteiger partial charge in [-0.3, -0.25) is 0 Å². The Labute approximate surface area is 283 Å². The Morgan fingerprint density at radius 3 is 2.19 bits per heavy atom. The maximum absolute atomic E-state index is 16.6. The van der Waals surface area contributed by atoms with Crippen molar-refractivity contribution >= 4 is 21.5 Å². The summed E-state index contributed by atoms with van der Waals surface area (Å²) in [6.07, 6.45) is 9.98. The van der Waals surface area contributed by atoms with Crippen LogP contribution in [0.4, 0.5) is 4.39 Å². The van der Waals surface area contributed by atoms with Crippen LogP contribution >= 0.6 is 0 Å². The van der Waals surface area contributed by atoms with Crippen molar-refractivity contribution in [1.29, 1.82) is 0 Å². The Morgan fingerprint density at radius 2 is 1.40 bits per heavy atom. The number of fused-ring (bicyclic) bond motifs is 6. The van der Waals surface area contributed by atoms with Gasteiger partial charge >= 0.3 is 0 Å². The first kappa shape index (κ1) is 29.7. The van der Waals surface area contributed by atoms with Crippen LogP contribution in [0.3, 0.4) is 0 Å². The number of nitrogens with zero attached hydrogens (tertiary/aromatic N) is 2.